The minimum absolute atomic E-state index is 0.00827. The molecule has 3 aromatic heterocycles. The monoisotopic (exact) mass is 392 g/mol. The first kappa shape index (κ1) is 19.6. The molecular formula is C22H28N6O. The van der Waals surface area contributed by atoms with Crippen molar-refractivity contribution < 1.29 is 4.74 Å². The van der Waals surface area contributed by atoms with Gasteiger partial charge in [0.25, 0.3) is 0 Å². The minimum atomic E-state index is -0.0260. The summed E-state index contributed by atoms with van der Waals surface area (Å²) in [7, 11) is 0. The number of hydrogen-bond acceptors (Lipinski definition) is 5. The van der Waals surface area contributed by atoms with E-state index in [9.17, 15) is 5.26 Å². The Balaban J connectivity index is 1.63. The summed E-state index contributed by atoms with van der Waals surface area (Å²) >= 11 is 0. The van der Waals surface area contributed by atoms with Crippen LogP contribution in [0.15, 0.2) is 31.0 Å². The van der Waals surface area contributed by atoms with Crippen LogP contribution in [0.3, 0.4) is 0 Å². The molecule has 1 fully saturated rings. The molecule has 0 amide bonds. The van der Waals surface area contributed by atoms with Crippen LogP contribution >= 0.6 is 0 Å². The number of H-pyrrole nitrogens is 1. The fraction of sp³-hybridized carbons (Fsp3) is 0.545. The number of nitrogens with zero attached hydrogens (tertiary/aromatic N) is 5. The molecule has 1 saturated carbocycles. The van der Waals surface area contributed by atoms with Gasteiger partial charge in [-0.25, -0.2) is 9.97 Å². The molecule has 3 aromatic rings. The van der Waals surface area contributed by atoms with Crippen molar-refractivity contribution in [2.24, 2.45) is 5.41 Å². The summed E-state index contributed by atoms with van der Waals surface area (Å²) in [5.74, 6) is 0. The number of aromatic nitrogens is 5. The van der Waals surface area contributed by atoms with E-state index in [2.05, 4.69) is 33.0 Å². The highest BCUT2D eigenvalue weighted by atomic mass is 16.5. The predicted molar refractivity (Wildman–Crippen MR) is 111 cm³/mol. The van der Waals surface area contributed by atoms with Gasteiger partial charge in [0.05, 0.1) is 37.0 Å². The standard InChI is InChI=1S/C22H28N6O/c1-2-3-12-29-15-22(8-4-5-9-22)19(6-10-23)28-14-17(13-27-28)20-18-7-11-24-21(18)26-16-25-20/h7,11,13-14,16,19H,2-6,8-9,12,15H2,1H3,(H,24,25,26). The summed E-state index contributed by atoms with van der Waals surface area (Å²) < 4.78 is 8.05. The highest BCUT2D eigenvalue weighted by molar-refractivity contribution is 5.89. The number of nitriles is 1. The van der Waals surface area contributed by atoms with Crippen LogP contribution < -0.4 is 0 Å². The lowest BCUT2D eigenvalue weighted by Gasteiger charge is -2.36. The first-order valence-electron chi connectivity index (χ1n) is 10.5. The maximum Gasteiger partial charge on any atom is 0.141 e. The van der Waals surface area contributed by atoms with Gasteiger partial charge in [-0.2, -0.15) is 10.4 Å². The first-order valence-corrected chi connectivity index (χ1v) is 10.5. The van der Waals surface area contributed by atoms with Crippen LogP contribution in [0.25, 0.3) is 22.3 Å². The molecule has 0 spiro atoms. The summed E-state index contributed by atoms with van der Waals surface area (Å²) in [4.78, 5) is 11.9. The largest absolute Gasteiger partial charge is 0.381 e. The molecule has 0 aromatic carbocycles. The van der Waals surface area contributed by atoms with Crippen LogP contribution in [0.5, 0.6) is 0 Å². The lowest BCUT2D eigenvalue weighted by molar-refractivity contribution is 0.00954. The molecule has 7 heteroatoms. The van der Waals surface area contributed by atoms with Crippen LogP contribution in [0.1, 0.15) is 57.9 Å². The lowest BCUT2D eigenvalue weighted by Crippen LogP contribution is -2.35. The summed E-state index contributed by atoms with van der Waals surface area (Å²) in [6.07, 6.45) is 14.5. The quantitative estimate of drug-likeness (QED) is 0.535. The SMILES string of the molecule is CCCCOCC1(C(CC#N)n2cc(-c3ncnc4[nH]ccc34)cn2)CCCC1. The second kappa shape index (κ2) is 8.75. The molecule has 1 aliphatic rings. The third-order valence-electron chi connectivity index (χ3n) is 6.17. The molecule has 1 aliphatic carbocycles. The van der Waals surface area contributed by atoms with Crippen molar-refractivity contribution in [3.8, 4) is 17.3 Å². The third-order valence-corrected chi connectivity index (χ3v) is 6.17. The maximum absolute atomic E-state index is 9.56. The number of hydrogen-bond donors (Lipinski definition) is 1. The second-order valence-corrected chi connectivity index (χ2v) is 8.02. The summed E-state index contributed by atoms with van der Waals surface area (Å²) in [5, 5.41) is 15.2. The van der Waals surface area contributed by atoms with Crippen LogP contribution in [-0.4, -0.2) is 37.9 Å². The van der Waals surface area contributed by atoms with E-state index in [1.54, 1.807) is 6.33 Å². The maximum atomic E-state index is 9.56. The van der Waals surface area contributed by atoms with E-state index in [0.717, 1.165) is 54.6 Å². The summed E-state index contributed by atoms with van der Waals surface area (Å²) in [5.41, 5.74) is 2.59. The van der Waals surface area contributed by atoms with Crippen molar-refractivity contribution in [3.05, 3.63) is 31.0 Å². The van der Waals surface area contributed by atoms with Crippen LogP contribution in [-0.2, 0) is 4.74 Å². The van der Waals surface area contributed by atoms with Gasteiger partial charge in [0.2, 0.25) is 0 Å². The average molecular weight is 393 g/mol. The smallest absolute Gasteiger partial charge is 0.141 e. The van der Waals surface area contributed by atoms with Gasteiger partial charge in [0.1, 0.15) is 12.0 Å². The van der Waals surface area contributed by atoms with Crippen molar-refractivity contribution >= 4 is 11.0 Å². The highest BCUT2D eigenvalue weighted by Crippen LogP contribution is 2.48. The van der Waals surface area contributed by atoms with Crippen LogP contribution in [0.2, 0.25) is 0 Å². The second-order valence-electron chi connectivity index (χ2n) is 8.02. The predicted octanol–water partition coefficient (Wildman–Crippen LogP) is 4.65. The average Bonchev–Trinajstić information content (AvgIpc) is 3.50. The van der Waals surface area contributed by atoms with Crippen LogP contribution in [0, 0.1) is 16.7 Å². The fourth-order valence-electron chi connectivity index (χ4n) is 4.59. The molecule has 3 heterocycles. The van der Waals surface area contributed by atoms with Gasteiger partial charge in [0, 0.05) is 35.4 Å². The third kappa shape index (κ3) is 3.90. The number of unbranched alkanes of at least 4 members (excludes halogenated alkanes) is 1. The van der Waals surface area contributed by atoms with Crippen LogP contribution in [0.4, 0.5) is 0 Å². The Hall–Kier alpha value is -2.72. The number of rotatable bonds is 9. The zero-order chi connectivity index (χ0) is 20.1. The molecule has 0 saturated heterocycles. The van der Waals surface area contributed by atoms with Crippen molar-refractivity contribution in [1.82, 2.24) is 24.7 Å². The Morgan fingerprint density at radius 2 is 2.21 bits per heavy atom. The van der Waals surface area contributed by atoms with E-state index in [1.807, 2.05) is 29.3 Å². The molecule has 1 atom stereocenters. The number of aromatic amines is 1. The molecule has 4 rings (SSSR count). The first-order chi connectivity index (χ1) is 14.3. The van der Waals surface area contributed by atoms with E-state index >= 15 is 0 Å². The van der Waals surface area contributed by atoms with Gasteiger partial charge in [-0.15, -0.1) is 0 Å². The summed E-state index contributed by atoms with van der Waals surface area (Å²) in [6.45, 7) is 3.66. The molecule has 1 N–H and O–H groups in total. The fourth-order valence-corrected chi connectivity index (χ4v) is 4.59. The Morgan fingerprint density at radius 3 is 3.00 bits per heavy atom. The van der Waals surface area contributed by atoms with Gasteiger partial charge in [0.15, 0.2) is 0 Å². The molecule has 1 unspecified atom stereocenters. The van der Waals surface area contributed by atoms with Gasteiger partial charge in [-0.1, -0.05) is 26.2 Å². The molecular weight excluding hydrogens is 364 g/mol. The lowest BCUT2D eigenvalue weighted by atomic mass is 9.78. The molecule has 152 valence electrons. The van der Waals surface area contributed by atoms with Gasteiger partial charge in [-0.3, -0.25) is 4.68 Å². The van der Waals surface area contributed by atoms with E-state index < -0.39 is 0 Å². The molecule has 0 bridgehead atoms. The topological polar surface area (TPSA) is 92.4 Å². The normalized spacial score (nSPS) is 16.8. The minimum Gasteiger partial charge on any atom is -0.381 e. The van der Waals surface area contributed by atoms with E-state index in [4.69, 9.17) is 4.74 Å². The van der Waals surface area contributed by atoms with Crippen molar-refractivity contribution in [1.29, 1.82) is 5.26 Å². The molecule has 0 radical (unpaired) electrons. The molecule has 7 nitrogen and oxygen atoms in total. The van der Waals surface area contributed by atoms with E-state index in [0.29, 0.717) is 13.0 Å². The molecule has 29 heavy (non-hydrogen) atoms. The molecule has 0 aliphatic heterocycles. The Bertz CT molecular complexity index is 979. The number of nitrogens with one attached hydrogen (secondary N) is 1. The number of ether oxygens (including phenoxy) is 1. The Kier molecular flexibility index (Phi) is 5.91. The van der Waals surface area contributed by atoms with Gasteiger partial charge < -0.3 is 9.72 Å². The Morgan fingerprint density at radius 1 is 1.34 bits per heavy atom. The van der Waals surface area contributed by atoms with E-state index in [-0.39, 0.29) is 11.5 Å². The number of fused-ring (bicyclic) bond motifs is 1. The summed E-state index contributed by atoms with van der Waals surface area (Å²) in [6, 6.07) is 4.39. The van der Waals surface area contributed by atoms with E-state index in [1.165, 1.54) is 12.8 Å². The zero-order valence-corrected chi connectivity index (χ0v) is 17.0. The van der Waals surface area contributed by atoms with Crippen molar-refractivity contribution in [2.75, 3.05) is 13.2 Å². The highest BCUT2D eigenvalue weighted by Gasteiger charge is 2.43. The van der Waals surface area contributed by atoms with Crippen molar-refractivity contribution in [3.63, 3.8) is 0 Å². The van der Waals surface area contributed by atoms with Gasteiger partial charge in [-0.05, 0) is 25.3 Å². The van der Waals surface area contributed by atoms with Gasteiger partial charge >= 0.3 is 0 Å². The van der Waals surface area contributed by atoms with Crippen molar-refractivity contribution in [2.45, 2.75) is 57.9 Å². The zero-order valence-electron chi connectivity index (χ0n) is 17.0. The Labute approximate surface area is 171 Å².